The summed E-state index contributed by atoms with van der Waals surface area (Å²) in [4.78, 5) is 24.0. The number of carboxylic acid groups (broad SMARTS) is 1. The van der Waals surface area contributed by atoms with Crippen LogP contribution < -0.4 is 5.32 Å². The molecule has 2 N–H and O–H groups in total. The normalized spacial score (nSPS) is 15.0. The fourth-order valence-corrected chi connectivity index (χ4v) is 2.46. The van der Waals surface area contributed by atoms with Crippen molar-refractivity contribution in [3.8, 4) is 0 Å². The van der Waals surface area contributed by atoms with Crippen LogP contribution in [0.4, 0.5) is 10.5 Å². The first-order chi connectivity index (χ1) is 8.88. The second-order valence-electron chi connectivity index (χ2n) is 4.45. The predicted molar refractivity (Wildman–Crippen MR) is 75.6 cm³/mol. The first kappa shape index (κ1) is 14.1. The third kappa shape index (κ3) is 3.01. The van der Waals surface area contributed by atoms with Gasteiger partial charge in [-0.05, 0) is 40.5 Å². The lowest BCUT2D eigenvalue weighted by atomic mass is 10.0. The zero-order chi connectivity index (χ0) is 14.2. The Kier molecular flexibility index (Phi) is 4.01. The van der Waals surface area contributed by atoms with Crippen molar-refractivity contribution in [2.24, 2.45) is 5.92 Å². The third-order valence-corrected chi connectivity index (χ3v) is 4.07. The van der Waals surface area contributed by atoms with E-state index < -0.39 is 11.9 Å². The summed E-state index contributed by atoms with van der Waals surface area (Å²) in [5, 5.41) is 12.0. The molecule has 1 aromatic carbocycles. The van der Waals surface area contributed by atoms with Crippen LogP contribution in [0.15, 0.2) is 16.6 Å². The highest BCUT2D eigenvalue weighted by molar-refractivity contribution is 9.10. The molecule has 0 atom stereocenters. The molecule has 1 aliphatic heterocycles. The molecule has 0 spiro atoms. The molecular weight excluding hydrogens is 336 g/mol. The molecule has 1 aromatic rings. The van der Waals surface area contributed by atoms with Crippen molar-refractivity contribution in [1.29, 1.82) is 0 Å². The fraction of sp³-hybridized carbons (Fsp3) is 0.333. The number of halogens is 2. The van der Waals surface area contributed by atoms with Gasteiger partial charge in [0.05, 0.1) is 11.6 Å². The summed E-state index contributed by atoms with van der Waals surface area (Å²) in [7, 11) is 0. The van der Waals surface area contributed by atoms with Crippen molar-refractivity contribution in [2.75, 3.05) is 18.4 Å². The molecule has 1 fully saturated rings. The number of carbonyl (C=O) groups is 2. The molecule has 0 saturated carbocycles. The molecule has 0 radical (unpaired) electrons. The van der Waals surface area contributed by atoms with Gasteiger partial charge in [-0.2, -0.15) is 0 Å². The number of rotatable bonds is 2. The van der Waals surface area contributed by atoms with Gasteiger partial charge in [-0.15, -0.1) is 0 Å². The summed E-state index contributed by atoms with van der Waals surface area (Å²) in [6.07, 6.45) is 0. The van der Waals surface area contributed by atoms with Gasteiger partial charge in [0.1, 0.15) is 0 Å². The van der Waals surface area contributed by atoms with E-state index in [9.17, 15) is 9.59 Å². The van der Waals surface area contributed by atoms with Gasteiger partial charge in [-0.25, -0.2) is 4.79 Å². The lowest BCUT2D eigenvalue weighted by Crippen LogP contribution is -2.54. The number of anilines is 1. The largest absolute Gasteiger partial charge is 0.481 e. The first-order valence-corrected chi connectivity index (χ1v) is 6.80. The smallest absolute Gasteiger partial charge is 0.321 e. The van der Waals surface area contributed by atoms with Crippen molar-refractivity contribution in [2.45, 2.75) is 6.92 Å². The Morgan fingerprint density at radius 3 is 2.68 bits per heavy atom. The number of likely N-dealkylation sites (tertiary alicyclic amines) is 1. The Labute approximate surface area is 123 Å². The van der Waals surface area contributed by atoms with Crippen molar-refractivity contribution in [3.05, 3.63) is 27.2 Å². The number of carboxylic acids is 1. The maximum atomic E-state index is 11.9. The van der Waals surface area contributed by atoms with E-state index in [-0.39, 0.29) is 19.1 Å². The van der Waals surface area contributed by atoms with Crippen LogP contribution in [0, 0.1) is 12.8 Å². The Morgan fingerprint density at radius 1 is 1.47 bits per heavy atom. The van der Waals surface area contributed by atoms with E-state index in [1.54, 1.807) is 6.07 Å². The first-order valence-electron chi connectivity index (χ1n) is 5.63. The number of benzene rings is 1. The summed E-state index contributed by atoms with van der Waals surface area (Å²) < 4.78 is 0.734. The van der Waals surface area contributed by atoms with Gasteiger partial charge >= 0.3 is 12.0 Å². The number of amides is 2. The number of urea groups is 1. The molecule has 2 rings (SSSR count). The van der Waals surface area contributed by atoms with Gasteiger partial charge in [-0.1, -0.05) is 11.6 Å². The number of nitrogens with one attached hydrogen (secondary N) is 1. The van der Waals surface area contributed by atoms with Crippen LogP contribution in [-0.2, 0) is 4.79 Å². The number of nitrogens with zero attached hydrogens (tertiary/aromatic N) is 1. The molecule has 0 aromatic heterocycles. The highest BCUT2D eigenvalue weighted by atomic mass is 79.9. The molecule has 7 heteroatoms. The van der Waals surface area contributed by atoms with Crippen molar-refractivity contribution >= 4 is 45.2 Å². The SMILES string of the molecule is Cc1cc(Br)c(NC(=O)N2CC(C(=O)O)C2)cc1Cl. The van der Waals surface area contributed by atoms with Gasteiger partial charge in [0, 0.05) is 22.6 Å². The number of hydrogen-bond acceptors (Lipinski definition) is 2. The van der Waals surface area contributed by atoms with E-state index in [0.29, 0.717) is 10.7 Å². The summed E-state index contributed by atoms with van der Waals surface area (Å²) in [6, 6.07) is 3.15. The van der Waals surface area contributed by atoms with E-state index in [1.165, 1.54) is 4.90 Å². The average molecular weight is 348 g/mol. The Balaban J connectivity index is 2.01. The molecular formula is C12H12BrClN2O3. The molecule has 0 aliphatic carbocycles. The summed E-state index contributed by atoms with van der Waals surface area (Å²) in [6.45, 7) is 2.34. The van der Waals surface area contributed by atoms with Gasteiger partial charge in [0.2, 0.25) is 0 Å². The number of aliphatic carboxylic acids is 1. The van der Waals surface area contributed by atoms with Crippen LogP contribution in [0.1, 0.15) is 5.56 Å². The molecule has 1 heterocycles. The van der Waals surface area contributed by atoms with Gasteiger partial charge in [-0.3, -0.25) is 4.79 Å². The standard InChI is InChI=1S/C12H12BrClN2O3/c1-6-2-8(13)10(3-9(6)14)15-12(19)16-4-7(5-16)11(17)18/h2-3,7H,4-5H2,1H3,(H,15,19)(H,17,18). The quantitative estimate of drug-likeness (QED) is 0.864. The zero-order valence-electron chi connectivity index (χ0n) is 10.1. The highest BCUT2D eigenvalue weighted by Gasteiger charge is 2.35. The fourth-order valence-electron chi connectivity index (χ4n) is 1.74. The van der Waals surface area contributed by atoms with Crippen LogP contribution in [-0.4, -0.2) is 35.1 Å². The predicted octanol–water partition coefficient (Wildman–Crippen LogP) is 2.96. The summed E-state index contributed by atoms with van der Waals surface area (Å²) in [5.74, 6) is -1.33. The number of hydrogen-bond donors (Lipinski definition) is 2. The van der Waals surface area contributed by atoms with E-state index in [1.807, 2.05) is 13.0 Å². The minimum Gasteiger partial charge on any atom is -0.481 e. The number of aryl methyl sites for hydroxylation is 1. The van der Waals surface area contributed by atoms with Gasteiger partial charge < -0.3 is 15.3 Å². The topological polar surface area (TPSA) is 69.6 Å². The second kappa shape index (κ2) is 5.38. The Hall–Kier alpha value is -1.27. The van der Waals surface area contributed by atoms with Crippen LogP contribution in [0.25, 0.3) is 0 Å². The molecule has 1 aliphatic rings. The van der Waals surface area contributed by atoms with E-state index in [2.05, 4.69) is 21.2 Å². The average Bonchev–Trinajstić information content (AvgIpc) is 2.23. The zero-order valence-corrected chi connectivity index (χ0v) is 12.5. The lowest BCUT2D eigenvalue weighted by molar-refractivity contribution is -0.145. The molecule has 2 amide bonds. The van der Waals surface area contributed by atoms with Gasteiger partial charge in [0.15, 0.2) is 0 Å². The Bertz CT molecular complexity index is 544. The number of carbonyl (C=O) groups excluding carboxylic acids is 1. The van der Waals surface area contributed by atoms with Crippen LogP contribution >= 0.6 is 27.5 Å². The summed E-state index contributed by atoms with van der Waals surface area (Å²) in [5.41, 5.74) is 1.47. The van der Waals surface area contributed by atoms with Crippen LogP contribution in [0.3, 0.4) is 0 Å². The maximum absolute atomic E-state index is 11.9. The highest BCUT2D eigenvalue weighted by Crippen LogP contribution is 2.29. The second-order valence-corrected chi connectivity index (χ2v) is 5.71. The lowest BCUT2D eigenvalue weighted by Gasteiger charge is -2.36. The van der Waals surface area contributed by atoms with E-state index in [0.717, 1.165) is 10.0 Å². The monoisotopic (exact) mass is 346 g/mol. The van der Waals surface area contributed by atoms with Crippen molar-refractivity contribution < 1.29 is 14.7 Å². The molecule has 0 bridgehead atoms. The molecule has 102 valence electrons. The third-order valence-electron chi connectivity index (χ3n) is 3.01. The Morgan fingerprint density at radius 2 is 2.11 bits per heavy atom. The van der Waals surface area contributed by atoms with Gasteiger partial charge in [0.25, 0.3) is 0 Å². The minimum absolute atomic E-state index is 0.235. The maximum Gasteiger partial charge on any atom is 0.321 e. The van der Waals surface area contributed by atoms with E-state index >= 15 is 0 Å². The molecule has 5 nitrogen and oxygen atoms in total. The molecule has 19 heavy (non-hydrogen) atoms. The molecule has 0 unspecified atom stereocenters. The van der Waals surface area contributed by atoms with E-state index in [4.69, 9.17) is 16.7 Å². The van der Waals surface area contributed by atoms with Crippen molar-refractivity contribution in [3.63, 3.8) is 0 Å². The van der Waals surface area contributed by atoms with Crippen LogP contribution in [0.2, 0.25) is 5.02 Å². The van der Waals surface area contributed by atoms with Crippen LogP contribution in [0.5, 0.6) is 0 Å². The minimum atomic E-state index is -0.872. The van der Waals surface area contributed by atoms with Crippen molar-refractivity contribution in [1.82, 2.24) is 4.90 Å². The molecule has 1 saturated heterocycles. The summed E-state index contributed by atoms with van der Waals surface area (Å²) >= 11 is 9.35.